The third-order valence-corrected chi connectivity index (χ3v) is 6.43. The summed E-state index contributed by atoms with van der Waals surface area (Å²) in [7, 11) is 1.68. The molecule has 5 heterocycles. The van der Waals surface area contributed by atoms with Crippen molar-refractivity contribution in [1.29, 1.82) is 0 Å². The molecule has 1 atom stereocenters. The van der Waals surface area contributed by atoms with Crippen LogP contribution in [0.25, 0.3) is 16.9 Å². The molecule has 0 saturated carbocycles. The first-order chi connectivity index (χ1) is 17.2. The van der Waals surface area contributed by atoms with Crippen LogP contribution in [0.4, 0.5) is 17.2 Å². The van der Waals surface area contributed by atoms with Gasteiger partial charge < -0.3 is 25.0 Å². The smallest absolute Gasteiger partial charge is 0.254 e. The van der Waals surface area contributed by atoms with Gasteiger partial charge in [0, 0.05) is 44.7 Å². The zero-order chi connectivity index (χ0) is 23.8. The highest BCUT2D eigenvalue weighted by atomic mass is 16.5. The van der Waals surface area contributed by atoms with Crippen LogP contribution < -0.4 is 15.5 Å². The zero-order valence-corrected chi connectivity index (χ0v) is 19.3. The number of benzene rings is 1. The number of hydrogen-bond donors (Lipinski definition) is 2. The van der Waals surface area contributed by atoms with Gasteiger partial charge in [-0.1, -0.05) is 6.07 Å². The minimum absolute atomic E-state index is 0.0512. The molecule has 0 bridgehead atoms. The molecular formula is C25H25N7O3. The summed E-state index contributed by atoms with van der Waals surface area (Å²) in [5.74, 6) is 0.569. The average molecular weight is 472 g/mol. The van der Waals surface area contributed by atoms with Gasteiger partial charge in [0.2, 0.25) is 0 Å². The molecule has 1 amide bonds. The maximum Gasteiger partial charge on any atom is 0.254 e. The third kappa shape index (κ3) is 3.96. The maximum absolute atomic E-state index is 12.8. The second-order valence-corrected chi connectivity index (χ2v) is 8.57. The van der Waals surface area contributed by atoms with E-state index < -0.39 is 0 Å². The molecule has 2 aliphatic heterocycles. The van der Waals surface area contributed by atoms with E-state index in [1.807, 2.05) is 47.3 Å². The SMILES string of the molecule is COC[C@@H]1CN(c2ccc(Nc3ccc(-c4cnc5cnccn45)c4c3C(=O)NC4)nc2)CCO1. The number of methoxy groups -OCH3 is 1. The standard InChI is InChI=1S/C25H25N7O3/c1-34-15-17-14-31(8-9-35-17)16-2-5-22(27-10-16)30-20-4-3-18(19-11-29-25(33)24(19)20)21-12-28-23-13-26-6-7-32(21)23/h2-7,10,12-13,17H,8-9,11,14-15H2,1H3,(H,27,30)(H,29,33)/t17-/m0/s1. The molecule has 2 aliphatic rings. The lowest BCUT2D eigenvalue weighted by atomic mass is 9.99. The first-order valence-electron chi connectivity index (χ1n) is 11.5. The Morgan fingerprint density at radius 3 is 3.00 bits per heavy atom. The summed E-state index contributed by atoms with van der Waals surface area (Å²) in [6, 6.07) is 7.91. The van der Waals surface area contributed by atoms with E-state index in [-0.39, 0.29) is 12.0 Å². The quantitative estimate of drug-likeness (QED) is 0.442. The number of pyridine rings is 1. The van der Waals surface area contributed by atoms with Crippen LogP contribution in [0.15, 0.2) is 55.2 Å². The number of fused-ring (bicyclic) bond motifs is 2. The first-order valence-corrected chi connectivity index (χ1v) is 11.5. The maximum atomic E-state index is 12.8. The number of aromatic nitrogens is 4. The second kappa shape index (κ2) is 8.97. The molecule has 6 rings (SSSR count). The van der Waals surface area contributed by atoms with Gasteiger partial charge in [0.1, 0.15) is 5.82 Å². The summed E-state index contributed by atoms with van der Waals surface area (Å²) in [5, 5.41) is 6.29. The van der Waals surface area contributed by atoms with Gasteiger partial charge in [-0.05, 0) is 23.8 Å². The van der Waals surface area contributed by atoms with Gasteiger partial charge in [-0.15, -0.1) is 0 Å². The fraction of sp³-hybridized carbons (Fsp3) is 0.280. The summed E-state index contributed by atoms with van der Waals surface area (Å²) in [5.41, 5.74) is 5.96. The van der Waals surface area contributed by atoms with Crippen molar-refractivity contribution < 1.29 is 14.3 Å². The van der Waals surface area contributed by atoms with Gasteiger partial charge in [0.05, 0.1) is 60.5 Å². The first kappa shape index (κ1) is 21.5. The molecular weight excluding hydrogens is 446 g/mol. The number of nitrogens with zero attached hydrogens (tertiary/aromatic N) is 5. The summed E-state index contributed by atoms with van der Waals surface area (Å²) in [6.45, 7) is 3.26. The molecule has 178 valence electrons. The number of carbonyl (C=O) groups is 1. The Labute approximate surface area is 201 Å². The van der Waals surface area contributed by atoms with Crippen LogP contribution in [-0.4, -0.2) is 64.8 Å². The number of amides is 1. The largest absolute Gasteiger partial charge is 0.382 e. The van der Waals surface area contributed by atoms with Crippen molar-refractivity contribution >= 4 is 28.7 Å². The van der Waals surface area contributed by atoms with Gasteiger partial charge in [-0.3, -0.25) is 14.2 Å². The monoisotopic (exact) mass is 471 g/mol. The molecule has 3 aromatic heterocycles. The van der Waals surface area contributed by atoms with Crippen LogP contribution in [0, 0.1) is 0 Å². The minimum atomic E-state index is -0.103. The number of hydrogen-bond acceptors (Lipinski definition) is 8. The van der Waals surface area contributed by atoms with E-state index in [0.29, 0.717) is 31.1 Å². The van der Waals surface area contributed by atoms with Crippen molar-refractivity contribution in [1.82, 2.24) is 24.7 Å². The van der Waals surface area contributed by atoms with Crippen molar-refractivity contribution in [2.45, 2.75) is 12.6 Å². The van der Waals surface area contributed by atoms with Crippen LogP contribution in [0.5, 0.6) is 0 Å². The van der Waals surface area contributed by atoms with E-state index >= 15 is 0 Å². The predicted octanol–water partition coefficient (Wildman–Crippen LogP) is 2.63. The van der Waals surface area contributed by atoms with Crippen molar-refractivity contribution in [2.24, 2.45) is 0 Å². The summed E-state index contributed by atoms with van der Waals surface area (Å²) >= 11 is 0. The topological polar surface area (TPSA) is 106 Å². The van der Waals surface area contributed by atoms with Crippen LogP contribution in [-0.2, 0) is 16.0 Å². The van der Waals surface area contributed by atoms with Gasteiger partial charge in [0.25, 0.3) is 5.91 Å². The number of ether oxygens (including phenoxy) is 2. The van der Waals surface area contributed by atoms with Crippen LogP contribution in [0.1, 0.15) is 15.9 Å². The van der Waals surface area contributed by atoms with Gasteiger partial charge in [-0.2, -0.15) is 0 Å². The van der Waals surface area contributed by atoms with Gasteiger partial charge >= 0.3 is 0 Å². The molecule has 1 fully saturated rings. The molecule has 0 radical (unpaired) electrons. The normalized spacial score (nSPS) is 17.5. The van der Waals surface area contributed by atoms with Gasteiger partial charge in [-0.25, -0.2) is 9.97 Å². The Bertz CT molecular complexity index is 1380. The number of rotatable bonds is 6. The number of carbonyl (C=O) groups excluding carboxylic acids is 1. The van der Waals surface area contributed by atoms with Crippen molar-refractivity contribution in [3.8, 4) is 11.3 Å². The second-order valence-electron chi connectivity index (χ2n) is 8.57. The predicted molar refractivity (Wildman–Crippen MR) is 131 cm³/mol. The Balaban J connectivity index is 1.27. The van der Waals surface area contributed by atoms with Crippen molar-refractivity contribution in [3.05, 3.63) is 66.4 Å². The highest BCUT2D eigenvalue weighted by molar-refractivity contribution is 6.06. The van der Waals surface area contributed by atoms with E-state index in [9.17, 15) is 4.79 Å². The molecule has 2 N–H and O–H groups in total. The van der Waals surface area contributed by atoms with E-state index in [0.717, 1.165) is 46.9 Å². The van der Waals surface area contributed by atoms with Crippen LogP contribution in [0.2, 0.25) is 0 Å². The highest BCUT2D eigenvalue weighted by Crippen LogP contribution is 2.35. The lowest BCUT2D eigenvalue weighted by molar-refractivity contribution is -0.0100. The summed E-state index contributed by atoms with van der Waals surface area (Å²) in [6.07, 6.45) is 9.02. The minimum Gasteiger partial charge on any atom is -0.382 e. The van der Waals surface area contributed by atoms with E-state index in [1.54, 1.807) is 19.5 Å². The third-order valence-electron chi connectivity index (χ3n) is 6.43. The van der Waals surface area contributed by atoms with Crippen molar-refractivity contribution in [3.63, 3.8) is 0 Å². The van der Waals surface area contributed by atoms with Crippen LogP contribution in [0.3, 0.4) is 0 Å². The van der Waals surface area contributed by atoms with E-state index in [1.165, 1.54) is 0 Å². The lowest BCUT2D eigenvalue weighted by Crippen LogP contribution is -2.44. The molecule has 0 aliphatic carbocycles. The summed E-state index contributed by atoms with van der Waals surface area (Å²) < 4.78 is 12.9. The zero-order valence-electron chi connectivity index (χ0n) is 19.3. The molecule has 10 heteroatoms. The number of anilines is 3. The molecule has 1 aromatic carbocycles. The molecule has 10 nitrogen and oxygen atoms in total. The van der Waals surface area contributed by atoms with Crippen molar-refractivity contribution in [2.75, 3.05) is 43.6 Å². The number of morpholine rings is 1. The lowest BCUT2D eigenvalue weighted by Gasteiger charge is -2.34. The van der Waals surface area contributed by atoms with E-state index in [4.69, 9.17) is 9.47 Å². The molecule has 0 spiro atoms. The summed E-state index contributed by atoms with van der Waals surface area (Å²) in [4.78, 5) is 28.2. The molecule has 35 heavy (non-hydrogen) atoms. The average Bonchev–Trinajstić information content (AvgIpc) is 3.50. The molecule has 1 saturated heterocycles. The van der Waals surface area contributed by atoms with Gasteiger partial charge in [0.15, 0.2) is 5.65 Å². The number of imidazole rings is 1. The Morgan fingerprint density at radius 1 is 1.20 bits per heavy atom. The Hall–Kier alpha value is -4.02. The fourth-order valence-electron chi connectivity index (χ4n) is 4.76. The molecule has 0 unspecified atom stereocenters. The van der Waals surface area contributed by atoms with E-state index in [2.05, 4.69) is 30.5 Å². The Kier molecular flexibility index (Phi) is 5.51. The Morgan fingerprint density at radius 2 is 2.14 bits per heavy atom. The fourth-order valence-corrected chi connectivity index (χ4v) is 4.76. The number of nitrogens with one attached hydrogen (secondary N) is 2. The highest BCUT2D eigenvalue weighted by Gasteiger charge is 2.27. The van der Waals surface area contributed by atoms with Crippen LogP contribution >= 0.6 is 0 Å². The molecule has 4 aromatic rings.